The van der Waals surface area contributed by atoms with E-state index in [-0.39, 0.29) is 6.09 Å². The number of imidazole rings is 1. The number of aryl methyl sites for hydroxylation is 1. The Bertz CT molecular complexity index is 1210. The zero-order valence-corrected chi connectivity index (χ0v) is 20.3. The van der Waals surface area contributed by atoms with Gasteiger partial charge in [-0.2, -0.15) is 0 Å². The predicted octanol–water partition coefficient (Wildman–Crippen LogP) is 6.01. The molecule has 1 saturated carbocycles. The summed E-state index contributed by atoms with van der Waals surface area (Å²) in [7, 11) is 1.47. The van der Waals surface area contributed by atoms with Gasteiger partial charge in [0.25, 0.3) is 0 Å². The van der Waals surface area contributed by atoms with Gasteiger partial charge in [-0.25, -0.2) is 9.78 Å². The van der Waals surface area contributed by atoms with E-state index in [4.69, 9.17) is 9.72 Å². The number of carbonyl (C=O) groups excluding carboxylic acids is 1. The molecule has 1 fully saturated rings. The number of carbonyl (C=O) groups is 1. The number of fused-ring (bicyclic) bond motifs is 4. The van der Waals surface area contributed by atoms with Crippen molar-refractivity contribution in [3.8, 4) is 0 Å². The zero-order valence-electron chi connectivity index (χ0n) is 20.3. The second kappa shape index (κ2) is 9.09. The molecule has 0 radical (unpaired) electrons. The summed E-state index contributed by atoms with van der Waals surface area (Å²) < 4.78 is 7.60. The standard InChI is InChI=1S/C29H35N3O2/c1-34-29(33)31-16-15-22-13-14-26-27(25(22)19-31)30-28(23-8-3-2-4-9-23)32(26)18-20-11-12-21-7-5-6-10-24(21)17-20/h5-7,10,13-14,20,23H,2-4,8-9,11-12,15-19H2,1H3/t20-/m0/s1. The maximum atomic E-state index is 12.3. The van der Waals surface area contributed by atoms with Crippen LogP contribution in [0, 0.1) is 5.92 Å². The first kappa shape index (κ1) is 21.7. The minimum Gasteiger partial charge on any atom is -0.453 e. The number of aromatic nitrogens is 2. The molecule has 0 saturated heterocycles. The van der Waals surface area contributed by atoms with E-state index in [0.717, 1.165) is 24.9 Å². The minimum absolute atomic E-state index is 0.240. The van der Waals surface area contributed by atoms with E-state index >= 15 is 0 Å². The van der Waals surface area contributed by atoms with Gasteiger partial charge in [0.15, 0.2) is 0 Å². The van der Waals surface area contributed by atoms with Crippen molar-refractivity contribution in [2.24, 2.45) is 5.92 Å². The highest BCUT2D eigenvalue weighted by Crippen LogP contribution is 2.37. The van der Waals surface area contributed by atoms with E-state index < -0.39 is 0 Å². The number of nitrogens with zero attached hydrogens (tertiary/aromatic N) is 3. The van der Waals surface area contributed by atoms with Crippen molar-refractivity contribution >= 4 is 17.1 Å². The summed E-state index contributed by atoms with van der Waals surface area (Å²) in [6, 6.07) is 13.5. The molecule has 0 N–H and O–H groups in total. The molecule has 3 aromatic rings. The fraction of sp³-hybridized carbons (Fsp3) is 0.517. The normalized spacial score (nSPS) is 20.7. The number of amides is 1. The Morgan fingerprint density at radius 3 is 2.65 bits per heavy atom. The highest BCUT2D eigenvalue weighted by atomic mass is 16.5. The van der Waals surface area contributed by atoms with Gasteiger partial charge in [-0.05, 0) is 67.2 Å². The van der Waals surface area contributed by atoms with Crippen LogP contribution in [0.15, 0.2) is 36.4 Å². The number of hydrogen-bond acceptors (Lipinski definition) is 3. The van der Waals surface area contributed by atoms with Gasteiger partial charge in [-0.15, -0.1) is 0 Å². The van der Waals surface area contributed by atoms with Crippen molar-refractivity contribution in [3.63, 3.8) is 0 Å². The number of benzene rings is 2. The van der Waals surface area contributed by atoms with Crippen LogP contribution in [0.25, 0.3) is 11.0 Å². The molecular formula is C29H35N3O2. The molecule has 2 aliphatic carbocycles. The van der Waals surface area contributed by atoms with Crippen LogP contribution in [-0.2, 0) is 37.1 Å². The third-order valence-corrected chi connectivity index (χ3v) is 8.45. The van der Waals surface area contributed by atoms with Crippen LogP contribution in [-0.4, -0.2) is 34.2 Å². The molecule has 1 aliphatic heterocycles. The number of rotatable bonds is 3. The van der Waals surface area contributed by atoms with Gasteiger partial charge >= 0.3 is 6.09 Å². The lowest BCUT2D eigenvalue weighted by atomic mass is 9.83. The van der Waals surface area contributed by atoms with Gasteiger partial charge in [0, 0.05) is 24.6 Å². The van der Waals surface area contributed by atoms with Gasteiger partial charge < -0.3 is 14.2 Å². The lowest BCUT2D eigenvalue weighted by molar-refractivity contribution is 0.119. The highest BCUT2D eigenvalue weighted by molar-refractivity contribution is 5.82. The highest BCUT2D eigenvalue weighted by Gasteiger charge is 2.29. The first-order valence-corrected chi connectivity index (χ1v) is 13.1. The molecule has 3 aliphatic rings. The molecule has 1 atom stereocenters. The van der Waals surface area contributed by atoms with E-state index in [9.17, 15) is 4.79 Å². The quantitative estimate of drug-likeness (QED) is 0.484. The third kappa shape index (κ3) is 3.89. The molecule has 0 bridgehead atoms. The Hall–Kier alpha value is -2.82. The van der Waals surface area contributed by atoms with Gasteiger partial charge in [0.05, 0.1) is 24.7 Å². The van der Waals surface area contributed by atoms with Crippen molar-refractivity contribution in [2.45, 2.75) is 76.8 Å². The van der Waals surface area contributed by atoms with Crippen LogP contribution in [0.4, 0.5) is 4.79 Å². The van der Waals surface area contributed by atoms with Gasteiger partial charge in [0.1, 0.15) is 5.82 Å². The molecule has 0 spiro atoms. The summed E-state index contributed by atoms with van der Waals surface area (Å²) in [5, 5.41) is 0. The Kier molecular flexibility index (Phi) is 5.80. The fourth-order valence-corrected chi connectivity index (χ4v) is 6.58. The molecule has 1 amide bonds. The Labute approximate surface area is 202 Å². The van der Waals surface area contributed by atoms with E-state index in [1.807, 2.05) is 4.90 Å². The molecule has 5 nitrogen and oxygen atoms in total. The molecule has 2 heterocycles. The van der Waals surface area contributed by atoms with Crippen LogP contribution < -0.4 is 0 Å². The lowest BCUT2D eigenvalue weighted by Gasteiger charge is -2.28. The summed E-state index contributed by atoms with van der Waals surface area (Å²) >= 11 is 0. The second-order valence-corrected chi connectivity index (χ2v) is 10.5. The van der Waals surface area contributed by atoms with E-state index in [2.05, 4.69) is 41.0 Å². The monoisotopic (exact) mass is 457 g/mol. The van der Waals surface area contributed by atoms with E-state index in [1.54, 1.807) is 0 Å². The van der Waals surface area contributed by atoms with Gasteiger partial charge in [0.2, 0.25) is 0 Å². The van der Waals surface area contributed by atoms with Crippen LogP contribution in [0.3, 0.4) is 0 Å². The van der Waals surface area contributed by atoms with Crippen molar-refractivity contribution in [1.82, 2.24) is 14.5 Å². The smallest absolute Gasteiger partial charge is 0.409 e. The predicted molar refractivity (Wildman–Crippen MR) is 134 cm³/mol. The molecule has 0 unspecified atom stereocenters. The van der Waals surface area contributed by atoms with Crippen LogP contribution in [0.5, 0.6) is 0 Å². The molecule has 1 aromatic heterocycles. The Morgan fingerprint density at radius 1 is 1.00 bits per heavy atom. The maximum absolute atomic E-state index is 12.3. The second-order valence-electron chi connectivity index (χ2n) is 10.5. The molecule has 178 valence electrons. The van der Waals surface area contributed by atoms with Crippen molar-refractivity contribution < 1.29 is 9.53 Å². The van der Waals surface area contributed by atoms with E-state index in [0.29, 0.717) is 24.9 Å². The van der Waals surface area contributed by atoms with E-state index in [1.165, 1.54) is 85.7 Å². The SMILES string of the molecule is COC(=O)N1CCc2ccc3c(nc(C4CCCCC4)n3C[C@H]3CCc4ccccc4C3)c2C1. The molecule has 6 rings (SSSR count). The van der Waals surface area contributed by atoms with Crippen LogP contribution in [0.1, 0.15) is 72.5 Å². The van der Waals surface area contributed by atoms with Crippen LogP contribution in [0.2, 0.25) is 0 Å². The molecule has 34 heavy (non-hydrogen) atoms. The fourth-order valence-electron chi connectivity index (χ4n) is 6.58. The average molecular weight is 458 g/mol. The van der Waals surface area contributed by atoms with Crippen molar-refractivity contribution in [2.75, 3.05) is 13.7 Å². The number of hydrogen-bond donors (Lipinski definition) is 0. The number of methoxy groups -OCH3 is 1. The Balaban J connectivity index is 1.39. The summed E-state index contributed by atoms with van der Waals surface area (Å²) in [5.74, 6) is 2.47. The number of ether oxygens (including phenoxy) is 1. The van der Waals surface area contributed by atoms with Gasteiger partial charge in [-0.3, -0.25) is 0 Å². The summed E-state index contributed by atoms with van der Waals surface area (Å²) in [5.41, 5.74) is 7.97. The molecular weight excluding hydrogens is 422 g/mol. The van der Waals surface area contributed by atoms with Crippen LogP contribution >= 0.6 is 0 Å². The topological polar surface area (TPSA) is 47.4 Å². The largest absolute Gasteiger partial charge is 0.453 e. The molecule has 5 heteroatoms. The average Bonchev–Trinajstić information content (AvgIpc) is 3.27. The minimum atomic E-state index is -0.240. The molecule has 2 aromatic carbocycles. The first-order valence-electron chi connectivity index (χ1n) is 13.1. The third-order valence-electron chi connectivity index (χ3n) is 8.45. The van der Waals surface area contributed by atoms with Gasteiger partial charge in [-0.1, -0.05) is 49.6 Å². The van der Waals surface area contributed by atoms with Crippen molar-refractivity contribution in [1.29, 1.82) is 0 Å². The maximum Gasteiger partial charge on any atom is 0.409 e. The Morgan fingerprint density at radius 2 is 1.82 bits per heavy atom. The lowest BCUT2D eigenvalue weighted by Crippen LogP contribution is -2.35. The summed E-state index contributed by atoms with van der Waals surface area (Å²) in [6.45, 7) is 2.34. The zero-order chi connectivity index (χ0) is 23.1. The summed E-state index contributed by atoms with van der Waals surface area (Å²) in [4.78, 5) is 19.5. The first-order chi connectivity index (χ1) is 16.7. The van der Waals surface area contributed by atoms with Crippen molar-refractivity contribution in [3.05, 3.63) is 64.5 Å². The summed E-state index contributed by atoms with van der Waals surface area (Å²) in [6.07, 6.45) is 10.6.